The lowest BCUT2D eigenvalue weighted by molar-refractivity contribution is -0.165. The molecule has 0 atom stereocenters. The maximum absolute atomic E-state index is 12.5. The summed E-state index contributed by atoms with van der Waals surface area (Å²) >= 11 is 0. The highest BCUT2D eigenvalue weighted by Gasteiger charge is 2.18. The van der Waals surface area contributed by atoms with Crippen molar-refractivity contribution in [3.05, 3.63) is 36.5 Å². The summed E-state index contributed by atoms with van der Waals surface area (Å²) < 4.78 is 16.3. The van der Waals surface area contributed by atoms with Crippen molar-refractivity contribution in [2.24, 2.45) is 0 Å². The SMILES string of the molecule is CCCCCCCC/C=C\CC(=O)OCC(COC(=O)C/C=C\CCCCCCCC)OC(=O)C/C=C\CCCCCCCC. The van der Waals surface area contributed by atoms with Gasteiger partial charge in [-0.2, -0.15) is 0 Å². The third-order valence-electron chi connectivity index (χ3n) is 7.69. The molecule has 0 bridgehead atoms. The predicted octanol–water partition coefficient (Wildman–Crippen LogP) is 11.1. The van der Waals surface area contributed by atoms with Crippen LogP contribution in [-0.4, -0.2) is 37.2 Å². The molecule has 0 radical (unpaired) electrons. The second kappa shape index (κ2) is 34.5. The van der Waals surface area contributed by atoms with Crippen LogP contribution in [0.1, 0.15) is 175 Å². The Hall–Kier alpha value is -2.37. The predicted molar refractivity (Wildman–Crippen MR) is 187 cm³/mol. The topological polar surface area (TPSA) is 78.9 Å². The van der Waals surface area contributed by atoms with Crippen LogP contribution in [0.25, 0.3) is 0 Å². The number of hydrogen-bond acceptors (Lipinski definition) is 6. The number of unbranched alkanes of at least 4 members (excludes halogenated alkanes) is 18. The Balaban J connectivity index is 4.54. The molecule has 0 aromatic carbocycles. The summed E-state index contributed by atoms with van der Waals surface area (Å²) in [7, 11) is 0. The van der Waals surface area contributed by atoms with E-state index in [9.17, 15) is 14.4 Å². The van der Waals surface area contributed by atoms with Gasteiger partial charge in [-0.1, -0.05) is 154 Å². The molecule has 0 amide bonds. The molecule has 0 saturated carbocycles. The van der Waals surface area contributed by atoms with Crippen molar-refractivity contribution in [1.82, 2.24) is 0 Å². The normalized spacial score (nSPS) is 11.7. The van der Waals surface area contributed by atoms with E-state index in [-0.39, 0.29) is 32.5 Å². The maximum atomic E-state index is 12.5. The van der Waals surface area contributed by atoms with E-state index in [1.165, 1.54) is 96.3 Å². The zero-order valence-electron chi connectivity index (χ0n) is 29.4. The van der Waals surface area contributed by atoms with E-state index in [4.69, 9.17) is 14.2 Å². The van der Waals surface area contributed by atoms with Crippen molar-refractivity contribution in [3.63, 3.8) is 0 Å². The van der Waals surface area contributed by atoms with Crippen LogP contribution in [0.15, 0.2) is 36.5 Å². The fraction of sp³-hybridized carbons (Fsp3) is 0.769. The second-order valence-electron chi connectivity index (χ2n) is 12.2. The van der Waals surface area contributed by atoms with Gasteiger partial charge >= 0.3 is 17.9 Å². The minimum Gasteiger partial charge on any atom is -0.461 e. The molecule has 0 aromatic heterocycles. The number of allylic oxidation sites excluding steroid dienone is 3. The quantitative estimate of drug-likeness (QED) is 0.0318. The van der Waals surface area contributed by atoms with Crippen LogP contribution in [0.3, 0.4) is 0 Å². The van der Waals surface area contributed by atoms with Gasteiger partial charge in [0.05, 0.1) is 19.3 Å². The molecule has 6 nitrogen and oxygen atoms in total. The monoisotopic (exact) mass is 633 g/mol. The Labute approximate surface area is 276 Å². The van der Waals surface area contributed by atoms with E-state index in [2.05, 4.69) is 20.8 Å². The van der Waals surface area contributed by atoms with Crippen molar-refractivity contribution in [3.8, 4) is 0 Å². The highest BCUT2D eigenvalue weighted by molar-refractivity contribution is 5.73. The average molecular weight is 633 g/mol. The Bertz CT molecular complexity index is 740. The van der Waals surface area contributed by atoms with Gasteiger partial charge in [0.1, 0.15) is 13.2 Å². The van der Waals surface area contributed by atoms with Crippen molar-refractivity contribution in [1.29, 1.82) is 0 Å². The molecule has 0 fully saturated rings. The number of rotatable bonds is 32. The Kier molecular flexibility index (Phi) is 32.7. The first kappa shape index (κ1) is 42.6. The van der Waals surface area contributed by atoms with Gasteiger partial charge in [0.15, 0.2) is 6.10 Å². The number of ether oxygens (including phenoxy) is 3. The molecule has 0 rings (SSSR count). The van der Waals surface area contributed by atoms with Crippen molar-refractivity contribution < 1.29 is 28.6 Å². The number of esters is 3. The van der Waals surface area contributed by atoms with Crippen molar-refractivity contribution in [2.75, 3.05) is 13.2 Å². The highest BCUT2D eigenvalue weighted by atomic mass is 16.6. The van der Waals surface area contributed by atoms with Gasteiger partial charge in [0.25, 0.3) is 0 Å². The fourth-order valence-corrected chi connectivity index (χ4v) is 4.86. The molecule has 0 spiro atoms. The fourth-order valence-electron chi connectivity index (χ4n) is 4.86. The Morgan fingerprint density at radius 2 is 0.733 bits per heavy atom. The third kappa shape index (κ3) is 32.8. The molecule has 0 aromatic rings. The number of carbonyl (C=O) groups excluding carboxylic acids is 3. The van der Waals surface area contributed by atoms with Crippen LogP contribution in [0, 0.1) is 0 Å². The van der Waals surface area contributed by atoms with Crippen LogP contribution in [0.2, 0.25) is 0 Å². The largest absolute Gasteiger partial charge is 0.461 e. The van der Waals surface area contributed by atoms with Gasteiger partial charge in [-0.3, -0.25) is 14.4 Å². The van der Waals surface area contributed by atoms with E-state index in [1.54, 1.807) is 0 Å². The highest BCUT2D eigenvalue weighted by Crippen LogP contribution is 2.10. The Morgan fingerprint density at radius 1 is 0.422 bits per heavy atom. The summed E-state index contributed by atoms with van der Waals surface area (Å²) in [4.78, 5) is 37.1. The molecule has 0 unspecified atom stereocenters. The summed E-state index contributed by atoms with van der Waals surface area (Å²) in [6.07, 6.45) is 36.3. The standard InChI is InChI=1S/C39H68O6/c1-4-7-10-13-16-19-22-25-28-31-37(40)43-34-36(45-39(42)33-30-27-24-21-18-15-12-9-6-3)35-44-38(41)32-29-26-23-20-17-14-11-8-5-2/h25-30,36H,4-24,31-35H2,1-3H3/b28-25-,29-26-,30-27-. The summed E-state index contributed by atoms with van der Waals surface area (Å²) in [5.74, 6) is -1.21. The minimum absolute atomic E-state index is 0.136. The number of hydrogen-bond donors (Lipinski definition) is 0. The summed E-state index contributed by atoms with van der Waals surface area (Å²) in [6, 6.07) is 0. The van der Waals surface area contributed by atoms with E-state index >= 15 is 0 Å². The van der Waals surface area contributed by atoms with Crippen LogP contribution < -0.4 is 0 Å². The van der Waals surface area contributed by atoms with E-state index in [0.29, 0.717) is 0 Å². The van der Waals surface area contributed by atoms with Crippen LogP contribution >= 0.6 is 0 Å². The molecule has 0 N–H and O–H groups in total. The molecular formula is C39H68O6. The molecule has 0 aliphatic heterocycles. The average Bonchev–Trinajstić information content (AvgIpc) is 3.03. The van der Waals surface area contributed by atoms with Crippen molar-refractivity contribution in [2.45, 2.75) is 181 Å². The summed E-state index contributed by atoms with van der Waals surface area (Å²) in [5.41, 5.74) is 0. The molecule has 0 saturated heterocycles. The lowest BCUT2D eigenvalue weighted by Gasteiger charge is -2.17. The zero-order valence-corrected chi connectivity index (χ0v) is 29.4. The Morgan fingerprint density at radius 3 is 1.09 bits per heavy atom. The minimum atomic E-state index is -0.837. The van der Waals surface area contributed by atoms with Gasteiger partial charge in [0, 0.05) is 0 Å². The molecule has 260 valence electrons. The van der Waals surface area contributed by atoms with Crippen LogP contribution in [-0.2, 0) is 28.6 Å². The lowest BCUT2D eigenvalue weighted by Crippen LogP contribution is -2.30. The van der Waals surface area contributed by atoms with Crippen LogP contribution in [0.5, 0.6) is 0 Å². The number of carbonyl (C=O) groups is 3. The van der Waals surface area contributed by atoms with E-state index in [0.717, 1.165) is 38.5 Å². The second-order valence-corrected chi connectivity index (χ2v) is 12.2. The summed E-state index contributed by atoms with van der Waals surface area (Å²) in [6.45, 7) is 6.37. The third-order valence-corrected chi connectivity index (χ3v) is 7.69. The lowest BCUT2D eigenvalue weighted by atomic mass is 10.1. The first-order valence-electron chi connectivity index (χ1n) is 18.5. The van der Waals surface area contributed by atoms with Gasteiger partial charge in [-0.05, 0) is 38.5 Å². The van der Waals surface area contributed by atoms with Crippen molar-refractivity contribution >= 4 is 17.9 Å². The van der Waals surface area contributed by atoms with Gasteiger partial charge in [-0.25, -0.2) is 0 Å². The summed E-state index contributed by atoms with van der Waals surface area (Å²) in [5, 5.41) is 0. The zero-order chi connectivity index (χ0) is 33.1. The molecule has 0 heterocycles. The maximum Gasteiger partial charge on any atom is 0.310 e. The molecule has 45 heavy (non-hydrogen) atoms. The van der Waals surface area contributed by atoms with Gasteiger partial charge in [-0.15, -0.1) is 0 Å². The van der Waals surface area contributed by atoms with E-state index < -0.39 is 24.0 Å². The first-order chi connectivity index (χ1) is 22.0. The molecule has 0 aliphatic rings. The van der Waals surface area contributed by atoms with Gasteiger partial charge in [0.2, 0.25) is 0 Å². The van der Waals surface area contributed by atoms with E-state index in [1.807, 2.05) is 36.5 Å². The van der Waals surface area contributed by atoms with Gasteiger partial charge < -0.3 is 14.2 Å². The first-order valence-corrected chi connectivity index (χ1v) is 18.5. The molecule has 0 aliphatic carbocycles. The van der Waals surface area contributed by atoms with Crippen LogP contribution in [0.4, 0.5) is 0 Å². The smallest absolute Gasteiger partial charge is 0.310 e. The molecule has 6 heteroatoms. The molecular weight excluding hydrogens is 564 g/mol.